The summed E-state index contributed by atoms with van der Waals surface area (Å²) in [5, 5.41) is 16.9. The minimum Gasteiger partial charge on any atom is -0.493 e. The van der Waals surface area contributed by atoms with Crippen molar-refractivity contribution < 1.29 is 18.3 Å². The third-order valence-electron chi connectivity index (χ3n) is 3.76. The summed E-state index contributed by atoms with van der Waals surface area (Å²) in [6, 6.07) is 14.6. The molecule has 0 saturated carbocycles. The highest BCUT2D eigenvalue weighted by Crippen LogP contribution is 2.29. The van der Waals surface area contributed by atoms with Gasteiger partial charge < -0.3 is 18.3 Å². The van der Waals surface area contributed by atoms with E-state index in [2.05, 4.69) is 20.4 Å². The van der Waals surface area contributed by atoms with Gasteiger partial charge in [-0.3, -0.25) is 0 Å². The van der Waals surface area contributed by atoms with Gasteiger partial charge in [-0.05, 0) is 24.3 Å². The van der Waals surface area contributed by atoms with Gasteiger partial charge in [-0.2, -0.15) is 0 Å². The Bertz CT molecular complexity index is 1100. The molecule has 4 aromatic rings. The summed E-state index contributed by atoms with van der Waals surface area (Å²) in [5.41, 5.74) is 0.687. The Hall–Kier alpha value is -3.04. The summed E-state index contributed by atoms with van der Waals surface area (Å²) in [6.45, 7) is 0.130. The second-order valence-corrected chi connectivity index (χ2v) is 7.00. The monoisotopic (exact) mass is 430 g/mol. The average Bonchev–Trinajstić information content (AvgIpc) is 3.41. The zero-order chi connectivity index (χ0) is 20.1. The maximum atomic E-state index is 6.15. The second kappa shape index (κ2) is 8.97. The average molecular weight is 431 g/mol. The Morgan fingerprint density at radius 1 is 0.897 bits per heavy atom. The maximum absolute atomic E-state index is 6.15. The molecule has 0 atom stereocenters. The number of hydrogen-bond acceptors (Lipinski definition) is 9. The van der Waals surface area contributed by atoms with Crippen LogP contribution in [0.3, 0.4) is 0 Å². The van der Waals surface area contributed by atoms with Crippen LogP contribution in [0.5, 0.6) is 11.5 Å². The van der Waals surface area contributed by atoms with Crippen LogP contribution in [0, 0.1) is 0 Å². The van der Waals surface area contributed by atoms with E-state index in [-0.39, 0.29) is 6.61 Å². The van der Waals surface area contributed by atoms with Crippen molar-refractivity contribution >= 4 is 23.4 Å². The van der Waals surface area contributed by atoms with Gasteiger partial charge in [0.1, 0.15) is 0 Å². The van der Waals surface area contributed by atoms with Gasteiger partial charge in [0.05, 0.1) is 23.4 Å². The predicted molar refractivity (Wildman–Crippen MR) is 106 cm³/mol. The molecule has 0 spiro atoms. The van der Waals surface area contributed by atoms with Crippen LogP contribution in [0.25, 0.3) is 11.5 Å². The van der Waals surface area contributed by atoms with Crippen LogP contribution < -0.4 is 9.47 Å². The molecule has 0 amide bonds. The van der Waals surface area contributed by atoms with Crippen molar-refractivity contribution in [2.24, 2.45) is 0 Å². The second-order valence-electron chi connectivity index (χ2n) is 5.67. The van der Waals surface area contributed by atoms with Crippen LogP contribution in [0.1, 0.15) is 11.8 Å². The molecule has 4 rings (SSSR count). The van der Waals surface area contributed by atoms with Gasteiger partial charge in [-0.15, -0.1) is 20.4 Å². The summed E-state index contributed by atoms with van der Waals surface area (Å²) in [4.78, 5) is 0. The number of rotatable bonds is 8. The Balaban J connectivity index is 1.34. The van der Waals surface area contributed by atoms with E-state index in [4.69, 9.17) is 29.9 Å². The van der Waals surface area contributed by atoms with Crippen molar-refractivity contribution in [1.29, 1.82) is 0 Å². The van der Waals surface area contributed by atoms with E-state index in [0.717, 1.165) is 0 Å². The quantitative estimate of drug-likeness (QED) is 0.370. The van der Waals surface area contributed by atoms with Gasteiger partial charge in [-0.1, -0.05) is 47.6 Å². The maximum Gasteiger partial charge on any atom is 0.277 e. The van der Waals surface area contributed by atoms with Gasteiger partial charge in [0, 0.05) is 0 Å². The van der Waals surface area contributed by atoms with Crippen molar-refractivity contribution in [2.75, 3.05) is 7.11 Å². The van der Waals surface area contributed by atoms with Crippen molar-refractivity contribution in [1.82, 2.24) is 20.4 Å². The van der Waals surface area contributed by atoms with Crippen LogP contribution in [-0.4, -0.2) is 27.5 Å². The lowest BCUT2D eigenvalue weighted by Crippen LogP contribution is -1.97. The fourth-order valence-electron chi connectivity index (χ4n) is 2.41. The van der Waals surface area contributed by atoms with Crippen molar-refractivity contribution in [2.45, 2.75) is 17.6 Å². The van der Waals surface area contributed by atoms with E-state index in [9.17, 15) is 0 Å². The standard InChI is InChI=1S/C19H15ClN4O4S/c1-25-14-8-4-5-9-15(14)26-10-16-21-24-19(28-16)29-11-17-22-23-18(27-17)12-6-2-3-7-13(12)20/h2-9H,10-11H2,1H3. The molecule has 2 heterocycles. The molecule has 0 aliphatic heterocycles. The number of benzene rings is 2. The molecule has 10 heteroatoms. The molecule has 0 fully saturated rings. The molecular formula is C19H15ClN4O4S. The Morgan fingerprint density at radius 2 is 1.66 bits per heavy atom. The summed E-state index contributed by atoms with van der Waals surface area (Å²) < 4.78 is 22.1. The molecule has 0 aliphatic rings. The van der Waals surface area contributed by atoms with Gasteiger partial charge in [-0.25, -0.2) is 0 Å². The molecular weight excluding hydrogens is 416 g/mol. The number of thioether (sulfide) groups is 1. The van der Waals surface area contributed by atoms with E-state index in [0.29, 0.717) is 50.7 Å². The molecule has 29 heavy (non-hydrogen) atoms. The third kappa shape index (κ3) is 4.69. The lowest BCUT2D eigenvalue weighted by molar-refractivity contribution is 0.241. The molecule has 8 nitrogen and oxygen atoms in total. The minimum absolute atomic E-state index is 0.130. The topological polar surface area (TPSA) is 96.3 Å². The molecule has 0 bridgehead atoms. The number of methoxy groups -OCH3 is 1. The number of hydrogen-bond donors (Lipinski definition) is 0. The lowest BCUT2D eigenvalue weighted by Gasteiger charge is -2.07. The van der Waals surface area contributed by atoms with Crippen LogP contribution in [0.4, 0.5) is 0 Å². The van der Waals surface area contributed by atoms with Gasteiger partial charge in [0.15, 0.2) is 18.1 Å². The van der Waals surface area contributed by atoms with E-state index < -0.39 is 0 Å². The highest BCUT2D eigenvalue weighted by atomic mass is 35.5. The minimum atomic E-state index is 0.130. The van der Waals surface area contributed by atoms with Gasteiger partial charge in [0.2, 0.25) is 11.8 Å². The highest BCUT2D eigenvalue weighted by molar-refractivity contribution is 7.98. The smallest absolute Gasteiger partial charge is 0.277 e. The largest absolute Gasteiger partial charge is 0.493 e. The van der Waals surface area contributed by atoms with Crippen LogP contribution >= 0.6 is 23.4 Å². The Labute approximate surface area is 175 Å². The zero-order valence-electron chi connectivity index (χ0n) is 15.2. The number of halogens is 1. The van der Waals surface area contributed by atoms with Crippen molar-refractivity contribution in [3.63, 3.8) is 0 Å². The number of para-hydroxylation sites is 2. The third-order valence-corrected chi connectivity index (χ3v) is 4.89. The molecule has 0 saturated heterocycles. The first-order chi connectivity index (χ1) is 14.2. The number of nitrogens with zero attached hydrogens (tertiary/aromatic N) is 4. The number of aromatic nitrogens is 4. The Kier molecular flexibility index (Phi) is 5.97. The van der Waals surface area contributed by atoms with E-state index in [1.54, 1.807) is 19.2 Å². The fourth-order valence-corrected chi connectivity index (χ4v) is 3.25. The summed E-state index contributed by atoms with van der Waals surface area (Å²) in [7, 11) is 1.58. The van der Waals surface area contributed by atoms with Crippen LogP contribution in [0.2, 0.25) is 5.02 Å². The number of ether oxygens (including phenoxy) is 2. The Morgan fingerprint density at radius 3 is 2.48 bits per heavy atom. The van der Waals surface area contributed by atoms with Crippen LogP contribution in [0.15, 0.2) is 62.6 Å². The molecule has 0 N–H and O–H groups in total. The van der Waals surface area contributed by atoms with Gasteiger partial charge >= 0.3 is 0 Å². The predicted octanol–water partition coefficient (Wildman–Crippen LogP) is 4.65. The summed E-state index contributed by atoms with van der Waals surface area (Å²) in [5.74, 6) is 2.75. The summed E-state index contributed by atoms with van der Waals surface area (Å²) in [6.07, 6.45) is 0. The van der Waals surface area contributed by atoms with E-state index in [1.165, 1.54) is 11.8 Å². The first-order valence-corrected chi connectivity index (χ1v) is 9.87. The van der Waals surface area contributed by atoms with Crippen molar-refractivity contribution in [3.8, 4) is 23.0 Å². The molecule has 2 aromatic heterocycles. The molecule has 0 unspecified atom stereocenters. The summed E-state index contributed by atoms with van der Waals surface area (Å²) >= 11 is 7.44. The van der Waals surface area contributed by atoms with E-state index >= 15 is 0 Å². The zero-order valence-corrected chi connectivity index (χ0v) is 16.8. The van der Waals surface area contributed by atoms with Gasteiger partial charge in [0.25, 0.3) is 11.1 Å². The molecule has 2 aromatic carbocycles. The SMILES string of the molecule is COc1ccccc1OCc1nnc(SCc2nnc(-c3ccccc3Cl)o2)o1. The van der Waals surface area contributed by atoms with E-state index in [1.807, 2.05) is 36.4 Å². The first kappa shape index (κ1) is 19.3. The molecule has 148 valence electrons. The fraction of sp³-hybridized carbons (Fsp3) is 0.158. The molecule has 0 radical (unpaired) electrons. The first-order valence-electron chi connectivity index (χ1n) is 8.51. The lowest BCUT2D eigenvalue weighted by atomic mass is 10.2. The molecule has 0 aliphatic carbocycles. The highest BCUT2D eigenvalue weighted by Gasteiger charge is 2.14. The van der Waals surface area contributed by atoms with Crippen molar-refractivity contribution in [3.05, 3.63) is 65.3 Å². The van der Waals surface area contributed by atoms with Crippen LogP contribution in [-0.2, 0) is 12.4 Å². The normalized spacial score (nSPS) is 10.8.